The standard InChI is InChI=1S/C19H18Cl2N2O3/c1-12-11-26-9-8-23(12)19(25)13-2-5-15(6-3-13)22-18(24)14-4-7-16(20)17(21)10-14/h2-7,10,12H,8-9,11H2,1H3,(H,22,24). The van der Waals surface area contributed by atoms with Gasteiger partial charge in [-0.15, -0.1) is 0 Å². The van der Waals surface area contributed by atoms with Crippen molar-refractivity contribution in [3.8, 4) is 0 Å². The number of carbonyl (C=O) groups is 2. The van der Waals surface area contributed by atoms with Crippen molar-refractivity contribution >= 4 is 40.7 Å². The first-order valence-corrected chi connectivity index (χ1v) is 8.96. The molecular formula is C19H18Cl2N2O3. The first-order chi connectivity index (χ1) is 12.5. The minimum Gasteiger partial charge on any atom is -0.377 e. The summed E-state index contributed by atoms with van der Waals surface area (Å²) in [5.74, 6) is -0.340. The summed E-state index contributed by atoms with van der Waals surface area (Å²) >= 11 is 11.8. The molecule has 0 spiro atoms. The molecule has 136 valence electrons. The highest BCUT2D eigenvalue weighted by Gasteiger charge is 2.24. The van der Waals surface area contributed by atoms with Crippen LogP contribution in [0, 0.1) is 0 Å². The Hall–Kier alpha value is -2.08. The Kier molecular flexibility index (Phi) is 5.81. The van der Waals surface area contributed by atoms with Crippen LogP contribution in [0.1, 0.15) is 27.6 Å². The fourth-order valence-corrected chi connectivity index (χ4v) is 3.03. The molecule has 2 aromatic carbocycles. The minimum atomic E-state index is -0.301. The van der Waals surface area contributed by atoms with E-state index in [0.717, 1.165) is 0 Å². The van der Waals surface area contributed by atoms with Gasteiger partial charge in [0.25, 0.3) is 11.8 Å². The number of benzene rings is 2. The summed E-state index contributed by atoms with van der Waals surface area (Å²) in [7, 11) is 0. The quantitative estimate of drug-likeness (QED) is 0.854. The van der Waals surface area contributed by atoms with Crippen LogP contribution in [0.3, 0.4) is 0 Å². The maximum atomic E-state index is 12.6. The van der Waals surface area contributed by atoms with Crippen LogP contribution in [0.25, 0.3) is 0 Å². The Morgan fingerprint density at radius 2 is 1.77 bits per heavy atom. The normalized spacial score (nSPS) is 17.0. The summed E-state index contributed by atoms with van der Waals surface area (Å²) in [5, 5.41) is 3.49. The second-order valence-electron chi connectivity index (χ2n) is 6.08. The SMILES string of the molecule is CC1COCCN1C(=O)c1ccc(NC(=O)c2ccc(Cl)c(Cl)c2)cc1. The smallest absolute Gasteiger partial charge is 0.255 e. The van der Waals surface area contributed by atoms with Crippen molar-refractivity contribution in [2.75, 3.05) is 25.1 Å². The highest BCUT2D eigenvalue weighted by atomic mass is 35.5. The van der Waals surface area contributed by atoms with Crippen LogP contribution in [0.4, 0.5) is 5.69 Å². The molecule has 0 aliphatic carbocycles. The zero-order chi connectivity index (χ0) is 18.7. The average Bonchev–Trinajstić information content (AvgIpc) is 2.64. The lowest BCUT2D eigenvalue weighted by Gasteiger charge is -2.33. The number of nitrogens with zero attached hydrogens (tertiary/aromatic N) is 1. The molecule has 7 heteroatoms. The van der Waals surface area contributed by atoms with Crippen LogP contribution < -0.4 is 5.32 Å². The Morgan fingerprint density at radius 3 is 2.42 bits per heavy atom. The second kappa shape index (κ2) is 8.08. The van der Waals surface area contributed by atoms with E-state index in [1.54, 1.807) is 41.3 Å². The van der Waals surface area contributed by atoms with Gasteiger partial charge < -0.3 is 15.0 Å². The topological polar surface area (TPSA) is 58.6 Å². The van der Waals surface area contributed by atoms with Crippen molar-refractivity contribution in [1.82, 2.24) is 4.90 Å². The fraction of sp³-hybridized carbons (Fsp3) is 0.263. The summed E-state index contributed by atoms with van der Waals surface area (Å²) in [4.78, 5) is 26.7. The van der Waals surface area contributed by atoms with Gasteiger partial charge in [0.2, 0.25) is 0 Å². The summed E-state index contributed by atoms with van der Waals surface area (Å²) in [6.45, 7) is 3.64. The molecule has 1 unspecified atom stereocenters. The maximum absolute atomic E-state index is 12.6. The van der Waals surface area contributed by atoms with Gasteiger partial charge in [-0.25, -0.2) is 0 Å². The van der Waals surface area contributed by atoms with Crippen LogP contribution in [-0.2, 0) is 4.74 Å². The molecule has 1 aliphatic rings. The number of hydrogen-bond donors (Lipinski definition) is 1. The van der Waals surface area contributed by atoms with Gasteiger partial charge in [-0.1, -0.05) is 23.2 Å². The monoisotopic (exact) mass is 392 g/mol. The molecule has 26 heavy (non-hydrogen) atoms. The van der Waals surface area contributed by atoms with Crippen molar-refractivity contribution in [2.45, 2.75) is 13.0 Å². The first-order valence-electron chi connectivity index (χ1n) is 8.21. The van der Waals surface area contributed by atoms with Crippen LogP contribution >= 0.6 is 23.2 Å². The molecule has 1 atom stereocenters. The number of hydrogen-bond acceptors (Lipinski definition) is 3. The third-order valence-corrected chi connectivity index (χ3v) is 4.94. The number of carbonyl (C=O) groups excluding carboxylic acids is 2. The van der Waals surface area contributed by atoms with Gasteiger partial charge in [0, 0.05) is 23.4 Å². The van der Waals surface area contributed by atoms with Gasteiger partial charge in [0.05, 0.1) is 29.3 Å². The fourth-order valence-electron chi connectivity index (χ4n) is 2.73. The highest BCUT2D eigenvalue weighted by Crippen LogP contribution is 2.23. The lowest BCUT2D eigenvalue weighted by atomic mass is 10.1. The number of nitrogens with one attached hydrogen (secondary N) is 1. The van der Waals surface area contributed by atoms with Crippen molar-refractivity contribution in [3.05, 3.63) is 63.6 Å². The van der Waals surface area contributed by atoms with Gasteiger partial charge in [-0.05, 0) is 49.4 Å². The van der Waals surface area contributed by atoms with E-state index in [-0.39, 0.29) is 17.9 Å². The zero-order valence-electron chi connectivity index (χ0n) is 14.2. The lowest BCUT2D eigenvalue weighted by Crippen LogP contribution is -2.47. The largest absolute Gasteiger partial charge is 0.377 e. The Morgan fingerprint density at radius 1 is 1.08 bits per heavy atom. The van der Waals surface area contributed by atoms with E-state index in [4.69, 9.17) is 27.9 Å². The molecular weight excluding hydrogens is 375 g/mol. The van der Waals surface area contributed by atoms with Gasteiger partial charge in [0.15, 0.2) is 0 Å². The average molecular weight is 393 g/mol. The number of amides is 2. The molecule has 1 fully saturated rings. The summed E-state index contributed by atoms with van der Waals surface area (Å²) in [6.07, 6.45) is 0. The molecule has 0 aromatic heterocycles. The second-order valence-corrected chi connectivity index (χ2v) is 6.90. The van der Waals surface area contributed by atoms with Crippen molar-refractivity contribution in [2.24, 2.45) is 0 Å². The predicted molar refractivity (Wildman–Crippen MR) is 102 cm³/mol. The number of halogens is 2. The van der Waals surface area contributed by atoms with E-state index in [2.05, 4.69) is 5.32 Å². The third-order valence-electron chi connectivity index (χ3n) is 4.20. The minimum absolute atomic E-state index is 0.0387. The molecule has 5 nitrogen and oxygen atoms in total. The number of morpholine rings is 1. The number of rotatable bonds is 3. The van der Waals surface area contributed by atoms with Crippen molar-refractivity contribution < 1.29 is 14.3 Å². The molecule has 0 saturated carbocycles. The molecule has 3 rings (SSSR count). The van der Waals surface area contributed by atoms with E-state index >= 15 is 0 Å². The lowest BCUT2D eigenvalue weighted by molar-refractivity contribution is 0.00359. The van der Waals surface area contributed by atoms with Crippen LogP contribution in [0.2, 0.25) is 10.0 Å². The Labute approximate surface area is 161 Å². The van der Waals surface area contributed by atoms with Gasteiger partial charge >= 0.3 is 0 Å². The van der Waals surface area contributed by atoms with Gasteiger partial charge in [-0.2, -0.15) is 0 Å². The Balaban J connectivity index is 1.68. The van der Waals surface area contributed by atoms with Crippen molar-refractivity contribution in [3.63, 3.8) is 0 Å². The van der Waals surface area contributed by atoms with Crippen LogP contribution in [0.15, 0.2) is 42.5 Å². The van der Waals surface area contributed by atoms with Gasteiger partial charge in [0.1, 0.15) is 0 Å². The number of ether oxygens (including phenoxy) is 1. The molecule has 1 aliphatic heterocycles. The summed E-state index contributed by atoms with van der Waals surface area (Å²) in [5.41, 5.74) is 1.57. The zero-order valence-corrected chi connectivity index (χ0v) is 15.7. The summed E-state index contributed by atoms with van der Waals surface area (Å²) < 4.78 is 5.36. The third kappa shape index (κ3) is 4.18. The van der Waals surface area contributed by atoms with Gasteiger partial charge in [-0.3, -0.25) is 9.59 Å². The molecule has 1 N–H and O–H groups in total. The predicted octanol–water partition coefficient (Wildman–Crippen LogP) is 4.11. The van der Waals surface area contributed by atoms with Crippen LogP contribution in [0.5, 0.6) is 0 Å². The maximum Gasteiger partial charge on any atom is 0.255 e. The van der Waals surface area contributed by atoms with E-state index in [0.29, 0.717) is 46.6 Å². The molecule has 0 radical (unpaired) electrons. The Bertz CT molecular complexity index is 824. The summed E-state index contributed by atoms with van der Waals surface area (Å²) in [6, 6.07) is 11.5. The molecule has 1 saturated heterocycles. The van der Waals surface area contributed by atoms with E-state index in [1.807, 2.05) is 6.92 Å². The van der Waals surface area contributed by atoms with E-state index in [1.165, 1.54) is 6.07 Å². The molecule has 0 bridgehead atoms. The highest BCUT2D eigenvalue weighted by molar-refractivity contribution is 6.42. The first kappa shape index (κ1) is 18.7. The van der Waals surface area contributed by atoms with E-state index in [9.17, 15) is 9.59 Å². The number of anilines is 1. The van der Waals surface area contributed by atoms with Crippen molar-refractivity contribution in [1.29, 1.82) is 0 Å². The molecule has 2 amide bonds. The van der Waals surface area contributed by atoms with Crippen LogP contribution in [-0.4, -0.2) is 42.5 Å². The molecule has 2 aromatic rings. The molecule has 1 heterocycles. The van der Waals surface area contributed by atoms with E-state index < -0.39 is 0 Å².